The highest BCUT2D eigenvalue weighted by atomic mass is 32.1. The number of nitrogens with zero attached hydrogens (tertiary/aromatic N) is 2. The van der Waals surface area contributed by atoms with Crippen LogP contribution in [-0.4, -0.2) is 17.5 Å². The summed E-state index contributed by atoms with van der Waals surface area (Å²) in [5, 5.41) is 1.05. The lowest BCUT2D eigenvalue weighted by Gasteiger charge is -2.29. The zero-order valence-corrected chi connectivity index (χ0v) is 11.7. The molecule has 1 aromatic heterocycles. The first kappa shape index (κ1) is 12.3. The van der Waals surface area contributed by atoms with E-state index < -0.39 is 0 Å². The fourth-order valence-electron chi connectivity index (χ4n) is 2.44. The third kappa shape index (κ3) is 2.26. The molecule has 0 aliphatic carbocycles. The molecule has 3 rings (SSSR count). The molecule has 0 radical (unpaired) electrons. The largest absolute Gasteiger partial charge is 0.487 e. The third-order valence-corrected chi connectivity index (χ3v) is 4.27. The van der Waals surface area contributed by atoms with Gasteiger partial charge in [0, 0.05) is 13.1 Å². The number of ether oxygens (including phenoxy) is 1. The van der Waals surface area contributed by atoms with Crippen LogP contribution in [0.1, 0.15) is 18.1 Å². The summed E-state index contributed by atoms with van der Waals surface area (Å²) >= 11 is 1.42. The predicted molar refractivity (Wildman–Crippen MR) is 78.9 cm³/mol. The minimum Gasteiger partial charge on any atom is -0.487 e. The lowest BCUT2D eigenvalue weighted by atomic mass is 10.0. The molecule has 0 fully saturated rings. The molecule has 0 spiro atoms. The van der Waals surface area contributed by atoms with Gasteiger partial charge in [-0.2, -0.15) is 4.37 Å². The maximum Gasteiger partial charge on any atom is 0.197 e. The van der Waals surface area contributed by atoms with E-state index in [4.69, 9.17) is 10.5 Å². The first-order chi connectivity index (χ1) is 9.29. The van der Waals surface area contributed by atoms with Gasteiger partial charge in [-0.25, -0.2) is 0 Å². The van der Waals surface area contributed by atoms with E-state index >= 15 is 0 Å². The number of nitrogen functional groups attached to an aromatic ring is 1. The second-order valence-corrected chi connectivity index (χ2v) is 5.33. The van der Waals surface area contributed by atoms with E-state index in [2.05, 4.69) is 33.5 Å². The van der Waals surface area contributed by atoms with Gasteiger partial charge in [-0.15, -0.1) is 0 Å². The highest BCUT2D eigenvalue weighted by molar-refractivity contribution is 7.11. The van der Waals surface area contributed by atoms with Crippen molar-refractivity contribution in [3.63, 3.8) is 0 Å². The Morgan fingerprint density at radius 2 is 2.16 bits per heavy atom. The fourth-order valence-corrected chi connectivity index (χ4v) is 3.22. The number of hydrogen-bond donors (Lipinski definition) is 1. The molecule has 2 heterocycles. The van der Waals surface area contributed by atoms with E-state index in [9.17, 15) is 0 Å². The van der Waals surface area contributed by atoms with Crippen molar-refractivity contribution >= 4 is 22.4 Å². The Kier molecular flexibility index (Phi) is 3.29. The number of benzene rings is 1. The molecule has 19 heavy (non-hydrogen) atoms. The number of aromatic nitrogens is 1. The third-order valence-electron chi connectivity index (χ3n) is 3.36. The maximum atomic E-state index is 5.88. The zero-order chi connectivity index (χ0) is 13.2. The van der Waals surface area contributed by atoms with E-state index in [1.165, 1.54) is 22.7 Å². The van der Waals surface area contributed by atoms with Crippen LogP contribution >= 0.6 is 11.5 Å². The maximum absolute atomic E-state index is 5.88. The van der Waals surface area contributed by atoms with Crippen LogP contribution in [0.15, 0.2) is 24.3 Å². The molecule has 0 bridgehead atoms. The molecule has 0 saturated heterocycles. The van der Waals surface area contributed by atoms with Crippen molar-refractivity contribution in [1.29, 1.82) is 0 Å². The van der Waals surface area contributed by atoms with Gasteiger partial charge in [0.25, 0.3) is 0 Å². The molecule has 100 valence electrons. The number of hydrogen-bond acceptors (Lipinski definition) is 5. The van der Waals surface area contributed by atoms with Gasteiger partial charge in [-0.3, -0.25) is 0 Å². The Labute approximate surface area is 117 Å². The smallest absolute Gasteiger partial charge is 0.197 e. The monoisotopic (exact) mass is 275 g/mol. The number of rotatable bonds is 3. The Morgan fingerprint density at radius 1 is 1.37 bits per heavy atom. The zero-order valence-electron chi connectivity index (χ0n) is 10.9. The van der Waals surface area contributed by atoms with Crippen LogP contribution in [0.3, 0.4) is 0 Å². The first-order valence-corrected chi connectivity index (χ1v) is 7.26. The van der Waals surface area contributed by atoms with Gasteiger partial charge >= 0.3 is 0 Å². The van der Waals surface area contributed by atoms with Crippen LogP contribution < -0.4 is 15.4 Å². The second-order valence-electron chi connectivity index (χ2n) is 4.58. The summed E-state index contributed by atoms with van der Waals surface area (Å²) in [5.74, 6) is 1.24. The summed E-state index contributed by atoms with van der Waals surface area (Å²) in [6, 6.07) is 8.58. The second kappa shape index (κ2) is 5.09. The van der Waals surface area contributed by atoms with Crippen LogP contribution in [0.4, 0.5) is 10.8 Å². The molecule has 0 unspecified atom stereocenters. The molecule has 1 aromatic carbocycles. The molecule has 2 N–H and O–H groups in total. The molecule has 0 amide bonds. The predicted octanol–water partition coefficient (Wildman–Crippen LogP) is 2.69. The first-order valence-electron chi connectivity index (χ1n) is 6.49. The van der Waals surface area contributed by atoms with Crippen LogP contribution in [-0.2, 0) is 13.0 Å². The van der Waals surface area contributed by atoms with Gasteiger partial charge < -0.3 is 15.4 Å². The van der Waals surface area contributed by atoms with Crippen LogP contribution in [0.25, 0.3) is 0 Å². The summed E-state index contributed by atoms with van der Waals surface area (Å²) < 4.78 is 9.85. The minimum atomic E-state index is 0.501. The minimum absolute atomic E-state index is 0.501. The van der Waals surface area contributed by atoms with Gasteiger partial charge in [-0.05, 0) is 36.0 Å². The molecule has 1 aliphatic rings. The quantitative estimate of drug-likeness (QED) is 0.935. The molecule has 0 saturated carbocycles. The average Bonchev–Trinajstić information content (AvgIpc) is 2.80. The lowest BCUT2D eigenvalue weighted by molar-refractivity contribution is 0.342. The van der Waals surface area contributed by atoms with Crippen LogP contribution in [0, 0.1) is 0 Å². The molecule has 4 nitrogen and oxygen atoms in total. The summed E-state index contributed by atoms with van der Waals surface area (Å²) in [6.07, 6.45) is 1.06. The Bertz CT molecular complexity index is 582. The topological polar surface area (TPSA) is 51.4 Å². The van der Waals surface area contributed by atoms with Gasteiger partial charge in [0.1, 0.15) is 0 Å². The lowest BCUT2D eigenvalue weighted by Crippen LogP contribution is -2.29. The number of fused-ring (bicyclic) bond motifs is 1. The van der Waals surface area contributed by atoms with Crippen LogP contribution in [0.2, 0.25) is 0 Å². The van der Waals surface area contributed by atoms with Gasteiger partial charge in [0.2, 0.25) is 0 Å². The van der Waals surface area contributed by atoms with E-state index in [1.54, 1.807) is 0 Å². The summed E-state index contributed by atoms with van der Waals surface area (Å²) in [5.41, 5.74) is 8.69. The van der Waals surface area contributed by atoms with E-state index in [1.807, 2.05) is 6.92 Å². The van der Waals surface area contributed by atoms with Crippen molar-refractivity contribution in [3.05, 3.63) is 35.4 Å². The Balaban J connectivity index is 1.89. The van der Waals surface area contributed by atoms with Crippen molar-refractivity contribution in [2.75, 3.05) is 23.8 Å². The Hall–Kier alpha value is -1.75. The highest BCUT2D eigenvalue weighted by Gasteiger charge is 2.23. The fraction of sp³-hybridized carbons (Fsp3) is 0.357. The molecule has 0 atom stereocenters. The molecule has 1 aliphatic heterocycles. The normalized spacial score (nSPS) is 14.3. The summed E-state index contributed by atoms with van der Waals surface area (Å²) in [7, 11) is 0. The van der Waals surface area contributed by atoms with Crippen molar-refractivity contribution in [2.24, 2.45) is 0 Å². The number of nitrogens with two attached hydrogens (primary N) is 1. The van der Waals surface area contributed by atoms with Gasteiger partial charge in [0.15, 0.2) is 16.6 Å². The Morgan fingerprint density at radius 3 is 2.95 bits per heavy atom. The molecular weight excluding hydrogens is 258 g/mol. The van der Waals surface area contributed by atoms with Crippen molar-refractivity contribution in [2.45, 2.75) is 19.9 Å². The molecule has 5 heteroatoms. The van der Waals surface area contributed by atoms with E-state index in [0.717, 1.165) is 30.3 Å². The SMILES string of the molecule is CCOc1c(N)nsc1N1CCc2ccccc2C1. The molecule has 2 aromatic rings. The van der Waals surface area contributed by atoms with Crippen LogP contribution in [0.5, 0.6) is 5.75 Å². The van der Waals surface area contributed by atoms with Crippen molar-refractivity contribution < 1.29 is 4.74 Å². The number of anilines is 2. The van der Waals surface area contributed by atoms with E-state index in [0.29, 0.717) is 12.4 Å². The van der Waals surface area contributed by atoms with Crippen molar-refractivity contribution in [3.8, 4) is 5.75 Å². The van der Waals surface area contributed by atoms with Gasteiger partial charge in [-0.1, -0.05) is 24.3 Å². The van der Waals surface area contributed by atoms with E-state index in [-0.39, 0.29) is 0 Å². The van der Waals surface area contributed by atoms with Crippen molar-refractivity contribution in [1.82, 2.24) is 4.37 Å². The highest BCUT2D eigenvalue weighted by Crippen LogP contribution is 2.40. The average molecular weight is 275 g/mol. The van der Waals surface area contributed by atoms with Gasteiger partial charge in [0.05, 0.1) is 6.61 Å². The standard InChI is InChI=1S/C14H17N3OS/c1-2-18-12-13(15)16-19-14(12)17-8-7-10-5-3-4-6-11(10)9-17/h3-6H,2,7-9H2,1H3,(H2,15,16). The summed E-state index contributed by atoms with van der Waals surface area (Å²) in [4.78, 5) is 2.31. The molecular formula is C14H17N3OS. The summed E-state index contributed by atoms with van der Waals surface area (Å²) in [6.45, 7) is 4.46.